The molecule has 0 spiro atoms. The topological polar surface area (TPSA) is 85.7 Å². The monoisotopic (exact) mass is 421 g/mol. The van der Waals surface area contributed by atoms with Gasteiger partial charge in [0, 0.05) is 47.2 Å². The van der Waals surface area contributed by atoms with E-state index in [9.17, 15) is 4.79 Å². The number of thioether (sulfide) groups is 1. The fourth-order valence-corrected chi connectivity index (χ4v) is 4.42. The van der Waals surface area contributed by atoms with Crippen LogP contribution in [0, 0.1) is 6.92 Å². The van der Waals surface area contributed by atoms with Crippen LogP contribution < -0.4 is 0 Å². The first kappa shape index (κ1) is 20.3. The zero-order valence-corrected chi connectivity index (χ0v) is 17.9. The number of hydrogen-bond donors (Lipinski definition) is 1. The molecule has 0 bridgehead atoms. The minimum atomic E-state index is -0.321. The van der Waals surface area contributed by atoms with Crippen molar-refractivity contribution in [3.63, 3.8) is 0 Å². The molecule has 8 heteroatoms. The van der Waals surface area contributed by atoms with Crippen LogP contribution in [0.2, 0.25) is 0 Å². The highest BCUT2D eigenvalue weighted by atomic mass is 32.2. The Bertz CT molecular complexity index is 1170. The summed E-state index contributed by atoms with van der Waals surface area (Å²) in [4.78, 5) is 20.7. The standard InChI is InChI=1S/C22H23N5O2S/c1-14-19(17-6-4-5-7-18(17)24-14)20(28)15(2)30-22-26-25-21(27(22)12-13-29-3)16-8-10-23-11-9-16/h4-11,15,24H,12-13H2,1-3H3/t15-/m0/s1. The predicted octanol–water partition coefficient (Wildman–Crippen LogP) is 4.14. The van der Waals surface area contributed by atoms with Gasteiger partial charge in [-0.2, -0.15) is 0 Å². The largest absolute Gasteiger partial charge is 0.383 e. The molecule has 1 aromatic carbocycles. The van der Waals surface area contributed by atoms with Gasteiger partial charge in [-0.15, -0.1) is 10.2 Å². The molecular weight excluding hydrogens is 398 g/mol. The molecule has 7 nitrogen and oxygen atoms in total. The number of carbonyl (C=O) groups is 1. The minimum absolute atomic E-state index is 0.0710. The number of para-hydroxylation sites is 1. The molecule has 0 aliphatic carbocycles. The lowest BCUT2D eigenvalue weighted by atomic mass is 10.1. The first-order chi connectivity index (χ1) is 14.6. The Kier molecular flexibility index (Phi) is 5.96. The maximum atomic E-state index is 13.3. The van der Waals surface area contributed by atoms with Crippen LogP contribution in [0.1, 0.15) is 23.0 Å². The average Bonchev–Trinajstić information content (AvgIpc) is 3.31. The van der Waals surface area contributed by atoms with Gasteiger partial charge in [0.25, 0.3) is 0 Å². The number of aryl methyl sites for hydroxylation is 1. The number of aromatic nitrogens is 5. The van der Waals surface area contributed by atoms with E-state index in [1.54, 1.807) is 19.5 Å². The van der Waals surface area contributed by atoms with Crippen molar-refractivity contribution >= 4 is 28.4 Å². The lowest BCUT2D eigenvalue weighted by Crippen LogP contribution is -2.16. The third-order valence-electron chi connectivity index (χ3n) is 4.97. The molecule has 0 amide bonds. The normalized spacial score (nSPS) is 12.4. The van der Waals surface area contributed by atoms with E-state index < -0.39 is 0 Å². The molecule has 1 atom stereocenters. The van der Waals surface area contributed by atoms with Gasteiger partial charge in [0.15, 0.2) is 16.8 Å². The van der Waals surface area contributed by atoms with Crippen molar-refractivity contribution in [2.75, 3.05) is 13.7 Å². The molecule has 0 fully saturated rings. The van der Waals surface area contributed by atoms with Crippen molar-refractivity contribution < 1.29 is 9.53 Å². The molecule has 3 heterocycles. The van der Waals surface area contributed by atoms with E-state index in [4.69, 9.17) is 4.74 Å². The summed E-state index contributed by atoms with van der Waals surface area (Å²) in [5.41, 5.74) is 3.51. The van der Waals surface area contributed by atoms with Crippen LogP contribution in [0.25, 0.3) is 22.3 Å². The van der Waals surface area contributed by atoms with Crippen LogP contribution in [0.5, 0.6) is 0 Å². The van der Waals surface area contributed by atoms with E-state index in [0.29, 0.717) is 18.3 Å². The van der Waals surface area contributed by atoms with E-state index in [1.807, 2.05) is 54.8 Å². The number of nitrogens with one attached hydrogen (secondary N) is 1. The van der Waals surface area contributed by atoms with Crippen molar-refractivity contribution in [3.05, 3.63) is 60.0 Å². The van der Waals surface area contributed by atoms with E-state index in [0.717, 1.165) is 33.5 Å². The maximum Gasteiger partial charge on any atom is 0.192 e. The molecule has 4 rings (SSSR count). The van der Waals surface area contributed by atoms with Crippen molar-refractivity contribution in [2.24, 2.45) is 0 Å². The number of pyridine rings is 1. The number of hydrogen-bond acceptors (Lipinski definition) is 6. The average molecular weight is 422 g/mol. The number of carbonyl (C=O) groups excluding carboxylic acids is 1. The number of nitrogens with zero attached hydrogens (tertiary/aromatic N) is 4. The van der Waals surface area contributed by atoms with E-state index >= 15 is 0 Å². The Labute approximate surface area is 178 Å². The van der Waals surface area contributed by atoms with Crippen molar-refractivity contribution in [3.8, 4) is 11.4 Å². The highest BCUT2D eigenvalue weighted by Gasteiger charge is 2.25. The zero-order chi connectivity index (χ0) is 21.1. The fraction of sp³-hybridized carbons (Fsp3) is 0.273. The highest BCUT2D eigenvalue weighted by Crippen LogP contribution is 2.31. The molecule has 0 aliphatic rings. The number of fused-ring (bicyclic) bond motifs is 1. The van der Waals surface area contributed by atoms with E-state index in [1.165, 1.54) is 11.8 Å². The number of Topliss-reactive ketones (excluding diaryl/α,β-unsaturated/α-hetero) is 1. The third kappa shape index (κ3) is 3.88. The molecule has 0 unspecified atom stereocenters. The lowest BCUT2D eigenvalue weighted by Gasteiger charge is -2.13. The Morgan fingerprint density at radius 2 is 1.97 bits per heavy atom. The van der Waals surface area contributed by atoms with Crippen LogP contribution in [-0.2, 0) is 11.3 Å². The summed E-state index contributed by atoms with van der Waals surface area (Å²) in [6.45, 7) is 4.97. The van der Waals surface area contributed by atoms with Crippen LogP contribution in [-0.4, -0.2) is 49.5 Å². The smallest absolute Gasteiger partial charge is 0.192 e. The second-order valence-electron chi connectivity index (χ2n) is 6.98. The summed E-state index contributed by atoms with van der Waals surface area (Å²) in [6, 6.07) is 11.7. The molecule has 0 radical (unpaired) electrons. The van der Waals surface area contributed by atoms with Crippen LogP contribution >= 0.6 is 11.8 Å². The SMILES string of the molecule is COCCn1c(S[C@@H](C)C(=O)c2c(C)[nH]c3ccccc23)nnc1-c1ccncc1. The molecule has 0 saturated heterocycles. The summed E-state index contributed by atoms with van der Waals surface area (Å²) in [7, 11) is 1.66. The summed E-state index contributed by atoms with van der Waals surface area (Å²) >= 11 is 1.41. The van der Waals surface area contributed by atoms with Crippen molar-refractivity contribution in [1.82, 2.24) is 24.7 Å². The van der Waals surface area contributed by atoms with Crippen molar-refractivity contribution in [1.29, 1.82) is 0 Å². The van der Waals surface area contributed by atoms with E-state index in [-0.39, 0.29) is 11.0 Å². The predicted molar refractivity (Wildman–Crippen MR) is 118 cm³/mol. The number of aromatic amines is 1. The van der Waals surface area contributed by atoms with Gasteiger partial charge < -0.3 is 9.72 Å². The number of rotatable bonds is 8. The molecule has 4 aromatic rings. The number of H-pyrrole nitrogens is 1. The zero-order valence-electron chi connectivity index (χ0n) is 17.1. The number of methoxy groups -OCH3 is 1. The summed E-state index contributed by atoms with van der Waals surface area (Å²) in [5, 5.41) is 10.1. The summed E-state index contributed by atoms with van der Waals surface area (Å²) < 4.78 is 7.26. The van der Waals surface area contributed by atoms with Gasteiger partial charge in [-0.1, -0.05) is 30.0 Å². The van der Waals surface area contributed by atoms with Crippen LogP contribution in [0.3, 0.4) is 0 Å². The van der Waals surface area contributed by atoms with Crippen LogP contribution in [0.15, 0.2) is 53.9 Å². The van der Waals surface area contributed by atoms with Gasteiger partial charge in [0.05, 0.1) is 18.4 Å². The molecule has 3 aromatic heterocycles. The first-order valence-corrected chi connectivity index (χ1v) is 10.6. The molecule has 1 N–H and O–H groups in total. The second-order valence-corrected chi connectivity index (χ2v) is 8.29. The Balaban J connectivity index is 1.64. The van der Waals surface area contributed by atoms with Crippen LogP contribution in [0.4, 0.5) is 0 Å². The van der Waals surface area contributed by atoms with Gasteiger partial charge in [0.1, 0.15) is 0 Å². The van der Waals surface area contributed by atoms with Gasteiger partial charge in [-0.3, -0.25) is 14.3 Å². The third-order valence-corrected chi connectivity index (χ3v) is 6.05. The quantitative estimate of drug-likeness (QED) is 0.340. The number of ether oxygens (including phenoxy) is 1. The van der Waals surface area contributed by atoms with Gasteiger partial charge >= 0.3 is 0 Å². The number of ketones is 1. The van der Waals surface area contributed by atoms with E-state index in [2.05, 4.69) is 20.2 Å². The fourth-order valence-electron chi connectivity index (χ4n) is 3.48. The van der Waals surface area contributed by atoms with Crippen molar-refractivity contribution in [2.45, 2.75) is 30.8 Å². The highest BCUT2D eigenvalue weighted by molar-refractivity contribution is 8.00. The molecule has 0 saturated carbocycles. The number of benzene rings is 1. The van der Waals surface area contributed by atoms with Gasteiger partial charge in [-0.05, 0) is 32.0 Å². The Morgan fingerprint density at radius 3 is 2.73 bits per heavy atom. The second kappa shape index (κ2) is 8.81. The molecule has 30 heavy (non-hydrogen) atoms. The molecular formula is C22H23N5O2S. The Hall–Kier alpha value is -2.97. The maximum absolute atomic E-state index is 13.3. The molecule has 0 aliphatic heterocycles. The molecule has 154 valence electrons. The minimum Gasteiger partial charge on any atom is -0.383 e. The first-order valence-electron chi connectivity index (χ1n) is 9.71. The van der Waals surface area contributed by atoms with Gasteiger partial charge in [-0.25, -0.2) is 0 Å². The summed E-state index contributed by atoms with van der Waals surface area (Å²) in [5.74, 6) is 0.807. The van der Waals surface area contributed by atoms with Gasteiger partial charge in [0.2, 0.25) is 0 Å². The Morgan fingerprint density at radius 1 is 1.20 bits per heavy atom. The lowest BCUT2D eigenvalue weighted by molar-refractivity contribution is 0.0995. The summed E-state index contributed by atoms with van der Waals surface area (Å²) in [6.07, 6.45) is 3.45.